The van der Waals surface area contributed by atoms with E-state index in [9.17, 15) is 0 Å². The van der Waals surface area contributed by atoms with Gasteiger partial charge in [-0.2, -0.15) is 0 Å². The minimum Gasteiger partial charge on any atom is -0.496 e. The van der Waals surface area contributed by atoms with Crippen LogP contribution in [-0.4, -0.2) is 23.7 Å². The molecule has 0 unspecified atom stereocenters. The van der Waals surface area contributed by atoms with E-state index < -0.39 is 0 Å². The van der Waals surface area contributed by atoms with Crippen LogP contribution >= 0.6 is 0 Å². The molecule has 0 bridgehead atoms. The second-order valence-corrected chi connectivity index (χ2v) is 4.79. The summed E-state index contributed by atoms with van der Waals surface area (Å²) in [6.45, 7) is 4.93. The first-order valence-corrected chi connectivity index (χ1v) is 6.39. The number of nitrogens with one attached hydrogen (secondary N) is 1. The molecule has 4 nitrogen and oxygen atoms in total. The molecule has 2 aromatic rings. The molecule has 1 aromatic carbocycles. The molecule has 0 radical (unpaired) electrons. The number of aryl methyl sites for hydroxylation is 2. The molecule has 0 spiro atoms. The summed E-state index contributed by atoms with van der Waals surface area (Å²) >= 11 is 0. The molecule has 0 atom stereocenters. The zero-order valence-corrected chi connectivity index (χ0v) is 12.2. The van der Waals surface area contributed by atoms with Gasteiger partial charge in [-0.3, -0.25) is 0 Å². The van der Waals surface area contributed by atoms with Crippen molar-refractivity contribution in [3.8, 4) is 17.0 Å². The van der Waals surface area contributed by atoms with Gasteiger partial charge in [-0.25, -0.2) is 4.98 Å². The van der Waals surface area contributed by atoms with Gasteiger partial charge in [0.1, 0.15) is 11.6 Å². The topological polar surface area (TPSA) is 39.1 Å². The van der Waals surface area contributed by atoms with Crippen LogP contribution in [0.4, 0.5) is 0 Å². The molecule has 1 N–H and O–H groups in total. The molecule has 0 saturated heterocycles. The van der Waals surface area contributed by atoms with Gasteiger partial charge in [0.15, 0.2) is 0 Å². The lowest BCUT2D eigenvalue weighted by atomic mass is 10.0. The highest BCUT2D eigenvalue weighted by Gasteiger charge is 2.12. The summed E-state index contributed by atoms with van der Waals surface area (Å²) in [7, 11) is 5.68. The van der Waals surface area contributed by atoms with E-state index in [0.29, 0.717) is 0 Å². The van der Waals surface area contributed by atoms with Crippen molar-refractivity contribution in [3.05, 3.63) is 35.3 Å². The Balaban J connectivity index is 2.50. The van der Waals surface area contributed by atoms with Gasteiger partial charge in [0, 0.05) is 12.6 Å². The van der Waals surface area contributed by atoms with E-state index >= 15 is 0 Å². The summed E-state index contributed by atoms with van der Waals surface area (Å²) in [6, 6.07) is 4.24. The summed E-state index contributed by atoms with van der Waals surface area (Å²) in [5.74, 6) is 1.96. The van der Waals surface area contributed by atoms with Crippen molar-refractivity contribution >= 4 is 0 Å². The van der Waals surface area contributed by atoms with Crippen LogP contribution in [-0.2, 0) is 13.6 Å². The van der Waals surface area contributed by atoms with E-state index in [1.807, 2.05) is 20.3 Å². The van der Waals surface area contributed by atoms with Crippen LogP contribution in [0.5, 0.6) is 5.75 Å². The largest absolute Gasteiger partial charge is 0.496 e. The van der Waals surface area contributed by atoms with Crippen molar-refractivity contribution in [2.45, 2.75) is 20.4 Å². The van der Waals surface area contributed by atoms with E-state index in [1.165, 1.54) is 11.1 Å². The lowest BCUT2D eigenvalue weighted by Gasteiger charge is -2.12. The molecule has 1 heterocycles. The maximum Gasteiger partial charge on any atom is 0.122 e. The SMILES string of the molecule is CNCc1ncc(-c2cc(C)c(OC)cc2C)n1C. The van der Waals surface area contributed by atoms with E-state index in [0.717, 1.165) is 29.4 Å². The first-order chi connectivity index (χ1) is 9.08. The highest BCUT2D eigenvalue weighted by molar-refractivity contribution is 5.66. The van der Waals surface area contributed by atoms with Gasteiger partial charge in [0.25, 0.3) is 0 Å². The van der Waals surface area contributed by atoms with Gasteiger partial charge in [0.2, 0.25) is 0 Å². The molecule has 4 heteroatoms. The number of nitrogens with zero attached hydrogens (tertiary/aromatic N) is 2. The molecule has 102 valence electrons. The standard InChI is InChI=1S/C15H21N3O/c1-10-7-14(19-5)11(2)6-12(10)13-8-17-15(9-16-3)18(13)4/h6-8,16H,9H2,1-5H3. The molecule has 0 fully saturated rings. The average molecular weight is 259 g/mol. The molecule has 0 aliphatic carbocycles. The lowest BCUT2D eigenvalue weighted by molar-refractivity contribution is 0.411. The highest BCUT2D eigenvalue weighted by Crippen LogP contribution is 2.30. The van der Waals surface area contributed by atoms with Crippen LogP contribution in [0.25, 0.3) is 11.3 Å². The number of hydrogen-bond donors (Lipinski definition) is 1. The van der Waals surface area contributed by atoms with Crippen molar-refractivity contribution < 1.29 is 4.74 Å². The maximum absolute atomic E-state index is 5.36. The van der Waals surface area contributed by atoms with E-state index in [4.69, 9.17) is 4.74 Å². The Labute approximate surface area is 114 Å². The van der Waals surface area contributed by atoms with Crippen molar-refractivity contribution in [2.24, 2.45) is 7.05 Å². The van der Waals surface area contributed by atoms with Crippen molar-refractivity contribution in [1.82, 2.24) is 14.9 Å². The maximum atomic E-state index is 5.36. The fourth-order valence-electron chi connectivity index (χ4n) is 2.31. The first-order valence-electron chi connectivity index (χ1n) is 6.39. The van der Waals surface area contributed by atoms with Crippen molar-refractivity contribution in [3.63, 3.8) is 0 Å². The predicted octanol–water partition coefficient (Wildman–Crippen LogP) is 2.43. The van der Waals surface area contributed by atoms with Gasteiger partial charge >= 0.3 is 0 Å². The number of hydrogen-bond acceptors (Lipinski definition) is 3. The van der Waals surface area contributed by atoms with Gasteiger partial charge < -0.3 is 14.6 Å². The Hall–Kier alpha value is -1.81. The minimum absolute atomic E-state index is 0.769. The monoisotopic (exact) mass is 259 g/mol. The van der Waals surface area contributed by atoms with E-state index in [2.05, 4.69) is 40.8 Å². The first kappa shape index (κ1) is 13.6. The number of benzene rings is 1. The third kappa shape index (κ3) is 2.49. The molecule has 2 rings (SSSR count). The second kappa shape index (κ2) is 5.45. The number of methoxy groups -OCH3 is 1. The second-order valence-electron chi connectivity index (χ2n) is 4.79. The number of ether oxygens (including phenoxy) is 1. The summed E-state index contributed by atoms with van der Waals surface area (Å²) in [5, 5.41) is 3.13. The van der Waals surface area contributed by atoms with Gasteiger partial charge in [-0.05, 0) is 44.2 Å². The minimum atomic E-state index is 0.769. The molecule has 0 amide bonds. The number of imidazole rings is 1. The van der Waals surface area contributed by atoms with Crippen LogP contribution in [0, 0.1) is 13.8 Å². The quantitative estimate of drug-likeness (QED) is 0.916. The van der Waals surface area contributed by atoms with Gasteiger partial charge in [-0.15, -0.1) is 0 Å². The molecular weight excluding hydrogens is 238 g/mol. The van der Waals surface area contributed by atoms with E-state index in [1.54, 1.807) is 7.11 Å². The summed E-state index contributed by atoms with van der Waals surface area (Å²) < 4.78 is 7.49. The Bertz CT molecular complexity index is 587. The number of aromatic nitrogens is 2. The summed E-state index contributed by atoms with van der Waals surface area (Å²) in [4.78, 5) is 4.46. The third-order valence-corrected chi connectivity index (χ3v) is 3.44. The highest BCUT2D eigenvalue weighted by atomic mass is 16.5. The third-order valence-electron chi connectivity index (χ3n) is 3.44. The van der Waals surface area contributed by atoms with Gasteiger partial charge in [-0.1, -0.05) is 0 Å². The van der Waals surface area contributed by atoms with Crippen molar-refractivity contribution in [1.29, 1.82) is 0 Å². The molecular formula is C15H21N3O. The van der Waals surface area contributed by atoms with Crippen LogP contribution in [0.2, 0.25) is 0 Å². The lowest BCUT2D eigenvalue weighted by Crippen LogP contribution is -2.10. The van der Waals surface area contributed by atoms with E-state index in [-0.39, 0.29) is 0 Å². The van der Waals surface area contributed by atoms with Crippen molar-refractivity contribution in [2.75, 3.05) is 14.2 Å². The number of rotatable bonds is 4. The molecule has 0 saturated carbocycles. The van der Waals surface area contributed by atoms with Crippen LogP contribution in [0.3, 0.4) is 0 Å². The molecule has 1 aromatic heterocycles. The predicted molar refractivity (Wildman–Crippen MR) is 77.4 cm³/mol. The molecule has 19 heavy (non-hydrogen) atoms. The Morgan fingerprint density at radius 2 is 2.00 bits per heavy atom. The molecule has 0 aliphatic rings. The summed E-state index contributed by atoms with van der Waals surface area (Å²) in [5.41, 5.74) is 4.67. The molecule has 0 aliphatic heterocycles. The zero-order valence-electron chi connectivity index (χ0n) is 12.2. The Kier molecular flexibility index (Phi) is 3.90. The average Bonchev–Trinajstić information content (AvgIpc) is 2.74. The summed E-state index contributed by atoms with van der Waals surface area (Å²) in [6.07, 6.45) is 1.93. The fraction of sp³-hybridized carbons (Fsp3) is 0.400. The van der Waals surface area contributed by atoms with Crippen LogP contribution in [0.1, 0.15) is 17.0 Å². The Morgan fingerprint density at radius 3 is 2.63 bits per heavy atom. The van der Waals surface area contributed by atoms with Crippen LogP contribution < -0.4 is 10.1 Å². The fourth-order valence-corrected chi connectivity index (χ4v) is 2.31. The zero-order chi connectivity index (χ0) is 14.0. The van der Waals surface area contributed by atoms with Gasteiger partial charge in [0.05, 0.1) is 25.5 Å². The Morgan fingerprint density at radius 1 is 1.26 bits per heavy atom. The smallest absolute Gasteiger partial charge is 0.122 e. The van der Waals surface area contributed by atoms with Crippen LogP contribution in [0.15, 0.2) is 18.3 Å². The normalized spacial score (nSPS) is 10.8.